The molecule has 0 radical (unpaired) electrons. The number of nitrogens with zero attached hydrogens (tertiary/aromatic N) is 4. The maximum absolute atomic E-state index is 16.4. The van der Waals surface area contributed by atoms with E-state index in [1.807, 2.05) is 4.90 Å². The maximum Gasteiger partial charge on any atom is 0.173 e. The van der Waals surface area contributed by atoms with Gasteiger partial charge < -0.3 is 20.1 Å². The second-order valence-corrected chi connectivity index (χ2v) is 13.6. The lowest BCUT2D eigenvalue weighted by molar-refractivity contribution is 0.118. The van der Waals surface area contributed by atoms with Crippen LogP contribution in [0.25, 0.3) is 21.9 Å². The average Bonchev–Trinajstić information content (AvgIpc) is 3.48. The van der Waals surface area contributed by atoms with Crippen molar-refractivity contribution in [3.05, 3.63) is 59.4 Å². The normalized spacial score (nSPS) is 25.0. The summed E-state index contributed by atoms with van der Waals surface area (Å²) < 4.78 is 53.9. The lowest BCUT2D eigenvalue weighted by Gasteiger charge is -2.35. The molecule has 0 amide bonds. The highest BCUT2D eigenvalue weighted by atomic mass is 32.2. The van der Waals surface area contributed by atoms with E-state index in [4.69, 9.17) is 9.73 Å². The van der Waals surface area contributed by atoms with Crippen LogP contribution in [-0.2, 0) is 4.74 Å². The first-order valence-electron chi connectivity index (χ1n) is 15.8. The molecule has 7 rings (SSSR count). The molecule has 7 nitrogen and oxygen atoms in total. The maximum atomic E-state index is 16.4. The molecule has 2 N–H and O–H groups in total. The fourth-order valence-electron chi connectivity index (χ4n) is 7.64. The van der Waals surface area contributed by atoms with Crippen LogP contribution in [0.1, 0.15) is 37.7 Å². The number of piperazine rings is 1. The summed E-state index contributed by atoms with van der Waals surface area (Å²) in [5.74, 6) is -1.04. The molecule has 45 heavy (non-hydrogen) atoms. The Morgan fingerprint density at radius 1 is 1.00 bits per heavy atom. The molecule has 3 aromatic carbocycles. The summed E-state index contributed by atoms with van der Waals surface area (Å²) in [6.07, 6.45) is 5.47. The average molecular weight is 638 g/mol. The van der Waals surface area contributed by atoms with Gasteiger partial charge in [-0.2, -0.15) is 11.8 Å². The number of hydrogen-bond acceptors (Lipinski definition) is 7. The molecule has 4 heterocycles. The Labute approximate surface area is 265 Å². The summed E-state index contributed by atoms with van der Waals surface area (Å²) in [5.41, 5.74) is -1.05. The van der Waals surface area contributed by atoms with Gasteiger partial charge in [-0.3, -0.25) is 9.89 Å². The molecule has 238 valence electrons. The van der Waals surface area contributed by atoms with Gasteiger partial charge >= 0.3 is 0 Å². The van der Waals surface area contributed by atoms with E-state index in [2.05, 4.69) is 33.7 Å². The topological polar surface area (TPSA) is 72.7 Å². The number of ether oxygens (including phenoxy) is 1. The lowest BCUT2D eigenvalue weighted by Crippen LogP contribution is -2.53. The Morgan fingerprint density at radius 2 is 1.73 bits per heavy atom. The number of phenols is 1. The van der Waals surface area contributed by atoms with E-state index in [-0.39, 0.29) is 41.0 Å². The van der Waals surface area contributed by atoms with Crippen LogP contribution in [0.15, 0.2) is 46.4 Å². The molecule has 4 saturated heterocycles. The van der Waals surface area contributed by atoms with Crippen LogP contribution < -0.4 is 5.32 Å². The summed E-state index contributed by atoms with van der Waals surface area (Å²) >= 11 is 2.06. The Balaban J connectivity index is 1.19. The van der Waals surface area contributed by atoms with Gasteiger partial charge in [0.2, 0.25) is 0 Å². The van der Waals surface area contributed by atoms with Gasteiger partial charge in [0.15, 0.2) is 17.4 Å². The molecule has 4 fully saturated rings. The summed E-state index contributed by atoms with van der Waals surface area (Å²) in [4.78, 5) is 13.4. The molecule has 0 spiro atoms. The van der Waals surface area contributed by atoms with Crippen LogP contribution in [0.2, 0.25) is 0 Å². The predicted octanol–water partition coefficient (Wildman–Crippen LogP) is 6.09. The molecule has 4 bridgehead atoms. The van der Waals surface area contributed by atoms with Gasteiger partial charge in [0.05, 0.1) is 12.2 Å². The second kappa shape index (κ2) is 12.9. The minimum atomic E-state index is -1.11. The fourth-order valence-corrected chi connectivity index (χ4v) is 9.04. The molecule has 0 aliphatic carbocycles. The third-order valence-corrected chi connectivity index (χ3v) is 11.0. The molecular formula is C34H38F3N5O2S. The number of aliphatic imine (C=N–C) groups is 2. The highest BCUT2D eigenvalue weighted by Crippen LogP contribution is 2.42. The molecular weight excluding hydrogens is 599 g/mol. The van der Waals surface area contributed by atoms with Crippen molar-refractivity contribution >= 4 is 40.8 Å². The minimum absolute atomic E-state index is 0.0324. The number of amidine groups is 1. The number of rotatable bonds is 9. The van der Waals surface area contributed by atoms with Crippen molar-refractivity contribution in [1.29, 1.82) is 0 Å². The van der Waals surface area contributed by atoms with E-state index in [0.29, 0.717) is 43.0 Å². The monoisotopic (exact) mass is 637 g/mol. The number of benzene rings is 3. The SMILES string of the molecule is C=Nc1c(/C(=N\COCCCN2C3CCC2CSC3)N2CC3CCC(C2)N3)cc(F)c(-c2c(F)c(O)cc3ccccc23)c1F. The third-order valence-electron chi connectivity index (χ3n) is 9.73. The largest absolute Gasteiger partial charge is 0.505 e. The van der Waals surface area contributed by atoms with Crippen LogP contribution in [0.5, 0.6) is 5.75 Å². The molecule has 0 aromatic heterocycles. The lowest BCUT2D eigenvalue weighted by atomic mass is 9.94. The fraction of sp³-hybridized carbons (Fsp3) is 0.471. The summed E-state index contributed by atoms with van der Waals surface area (Å²) in [5, 5.41) is 14.6. The third kappa shape index (κ3) is 5.84. The highest BCUT2D eigenvalue weighted by Gasteiger charge is 2.37. The first-order valence-corrected chi connectivity index (χ1v) is 16.9. The van der Waals surface area contributed by atoms with Gasteiger partial charge in [-0.05, 0) is 61.7 Å². The van der Waals surface area contributed by atoms with Crippen molar-refractivity contribution in [2.75, 3.05) is 44.5 Å². The van der Waals surface area contributed by atoms with Crippen LogP contribution in [-0.4, -0.2) is 96.1 Å². The standard InChI is InChI=1S/C34H38F3N5O2S/c1-38-33-26(14-27(35)30(32(33)37)29-25-6-3-2-5-20(25)13-28(43)31(29)36)34(41-15-21-7-8-22(16-41)40-21)39-19-44-12-4-11-42-23-9-10-24(42)18-45-17-23/h2-3,5-6,13-14,21-24,40,43H,1,4,7-12,15-19H2/b39-34+. The van der Waals surface area contributed by atoms with Crippen molar-refractivity contribution < 1.29 is 23.0 Å². The zero-order valence-electron chi connectivity index (χ0n) is 25.2. The number of thioether (sulfide) groups is 1. The van der Waals surface area contributed by atoms with Crippen molar-refractivity contribution in [3.8, 4) is 16.9 Å². The summed E-state index contributed by atoms with van der Waals surface area (Å²) in [6.45, 7) is 6.40. The van der Waals surface area contributed by atoms with E-state index in [1.165, 1.54) is 30.4 Å². The van der Waals surface area contributed by atoms with Crippen LogP contribution in [0.4, 0.5) is 18.9 Å². The van der Waals surface area contributed by atoms with E-state index >= 15 is 13.2 Å². The Morgan fingerprint density at radius 3 is 2.47 bits per heavy atom. The Kier molecular flexibility index (Phi) is 8.78. The molecule has 4 aliphatic rings. The highest BCUT2D eigenvalue weighted by molar-refractivity contribution is 7.99. The van der Waals surface area contributed by atoms with Gasteiger partial charge in [-0.1, -0.05) is 24.3 Å². The Bertz CT molecular complexity index is 1610. The van der Waals surface area contributed by atoms with Gasteiger partial charge in [-0.25, -0.2) is 18.2 Å². The first-order chi connectivity index (χ1) is 21.9. The minimum Gasteiger partial charge on any atom is -0.505 e. The van der Waals surface area contributed by atoms with E-state index in [1.54, 1.807) is 24.3 Å². The van der Waals surface area contributed by atoms with Crippen molar-refractivity contribution in [1.82, 2.24) is 15.1 Å². The van der Waals surface area contributed by atoms with E-state index in [0.717, 1.165) is 31.9 Å². The zero-order chi connectivity index (χ0) is 31.1. The van der Waals surface area contributed by atoms with Crippen molar-refractivity contribution in [2.45, 2.75) is 56.3 Å². The number of nitrogens with one attached hydrogen (secondary N) is 1. The number of halogens is 3. The smallest absolute Gasteiger partial charge is 0.173 e. The number of aromatic hydroxyl groups is 1. The predicted molar refractivity (Wildman–Crippen MR) is 174 cm³/mol. The van der Waals surface area contributed by atoms with Crippen molar-refractivity contribution in [3.63, 3.8) is 0 Å². The van der Waals surface area contributed by atoms with Gasteiger partial charge in [0.25, 0.3) is 0 Å². The molecule has 3 aromatic rings. The Hall–Kier alpha value is -3.12. The van der Waals surface area contributed by atoms with Gasteiger partial charge in [0.1, 0.15) is 24.1 Å². The van der Waals surface area contributed by atoms with Crippen LogP contribution in [0.3, 0.4) is 0 Å². The summed E-state index contributed by atoms with van der Waals surface area (Å²) in [7, 11) is 0. The van der Waals surface area contributed by atoms with E-state index in [9.17, 15) is 5.11 Å². The number of fused-ring (bicyclic) bond motifs is 5. The molecule has 4 atom stereocenters. The van der Waals surface area contributed by atoms with Gasteiger partial charge in [0, 0.05) is 66.4 Å². The molecule has 4 aliphatic heterocycles. The second-order valence-electron chi connectivity index (χ2n) is 12.5. The first kappa shape index (κ1) is 30.5. The molecule has 0 saturated carbocycles. The quantitative estimate of drug-likeness (QED) is 0.168. The summed E-state index contributed by atoms with van der Waals surface area (Å²) in [6, 6.07) is 10.8. The zero-order valence-corrected chi connectivity index (χ0v) is 26.0. The van der Waals surface area contributed by atoms with Crippen molar-refractivity contribution in [2.24, 2.45) is 9.98 Å². The van der Waals surface area contributed by atoms with Gasteiger partial charge in [-0.15, -0.1) is 0 Å². The number of likely N-dealkylation sites (tertiary alicyclic amines) is 1. The van der Waals surface area contributed by atoms with Crippen LogP contribution in [0, 0.1) is 17.5 Å². The number of hydrogen-bond donors (Lipinski definition) is 2. The molecule has 4 unspecified atom stereocenters. The number of phenolic OH excluding ortho intramolecular Hbond substituents is 1. The van der Waals surface area contributed by atoms with E-state index < -0.39 is 28.8 Å². The molecule has 11 heteroatoms. The van der Waals surface area contributed by atoms with Crippen LogP contribution >= 0.6 is 11.8 Å².